The average molecular weight is 199 g/mol. The van der Waals surface area contributed by atoms with Crippen molar-refractivity contribution in [2.24, 2.45) is 0 Å². The summed E-state index contributed by atoms with van der Waals surface area (Å²) in [6, 6.07) is 0. The van der Waals surface area contributed by atoms with Crippen molar-refractivity contribution in [3.63, 3.8) is 0 Å². The Morgan fingerprint density at radius 3 is 2.71 bits per heavy atom. The van der Waals surface area contributed by atoms with E-state index in [1.54, 1.807) is 13.8 Å². The molecule has 0 atom stereocenters. The van der Waals surface area contributed by atoms with Crippen molar-refractivity contribution in [1.29, 1.82) is 0 Å². The van der Waals surface area contributed by atoms with Crippen LogP contribution in [-0.4, -0.2) is 31.6 Å². The Hall–Kier alpha value is -1.52. The minimum absolute atomic E-state index is 0.00583. The molecule has 5 nitrogen and oxygen atoms in total. The molecule has 0 unspecified atom stereocenters. The summed E-state index contributed by atoms with van der Waals surface area (Å²) in [7, 11) is 0. The Kier molecular flexibility index (Phi) is 3.50. The predicted molar refractivity (Wildman–Crippen MR) is 48.3 cm³/mol. The van der Waals surface area contributed by atoms with Crippen LogP contribution in [0.4, 0.5) is 0 Å². The lowest BCUT2D eigenvalue weighted by molar-refractivity contribution is -0.140. The minimum atomic E-state index is -0.619. The van der Waals surface area contributed by atoms with Gasteiger partial charge in [-0.15, -0.1) is 0 Å². The lowest BCUT2D eigenvalue weighted by atomic mass is 10.2. The maximum absolute atomic E-state index is 11.3. The first-order valence-electron chi connectivity index (χ1n) is 4.52. The molecule has 1 amide bonds. The van der Waals surface area contributed by atoms with Crippen molar-refractivity contribution < 1.29 is 19.1 Å². The number of hydrogen-bond donors (Lipinski definition) is 1. The summed E-state index contributed by atoms with van der Waals surface area (Å²) >= 11 is 0. The molecule has 0 saturated heterocycles. The molecule has 0 saturated carbocycles. The molecule has 1 N–H and O–H groups in total. The number of carbonyl (C=O) groups is 2. The van der Waals surface area contributed by atoms with Gasteiger partial charge in [0.1, 0.15) is 5.76 Å². The molecule has 78 valence electrons. The molecule has 0 aromatic heterocycles. The second-order valence-corrected chi connectivity index (χ2v) is 2.63. The molecule has 1 aliphatic rings. The van der Waals surface area contributed by atoms with Gasteiger partial charge in [-0.3, -0.25) is 4.79 Å². The fourth-order valence-corrected chi connectivity index (χ4v) is 1.17. The number of carbonyl (C=O) groups excluding carboxylic acids is 2. The van der Waals surface area contributed by atoms with Crippen molar-refractivity contribution in [3.8, 4) is 0 Å². The molecule has 0 fully saturated rings. The second kappa shape index (κ2) is 4.64. The highest BCUT2D eigenvalue weighted by molar-refractivity contribution is 6.18. The summed E-state index contributed by atoms with van der Waals surface area (Å²) in [5.74, 6) is -0.672. The van der Waals surface area contributed by atoms with E-state index in [0.29, 0.717) is 12.4 Å². The van der Waals surface area contributed by atoms with E-state index in [1.165, 1.54) is 0 Å². The molecule has 0 radical (unpaired) electrons. The molecule has 14 heavy (non-hydrogen) atoms. The fraction of sp³-hybridized carbons (Fsp3) is 0.556. The molecule has 1 rings (SSSR count). The maximum Gasteiger partial charge on any atom is 0.347 e. The summed E-state index contributed by atoms with van der Waals surface area (Å²) in [6.45, 7) is 4.41. The quantitative estimate of drug-likeness (QED) is 0.510. The lowest BCUT2D eigenvalue weighted by Gasteiger charge is -2.04. The van der Waals surface area contributed by atoms with Gasteiger partial charge in [-0.2, -0.15) is 0 Å². The third kappa shape index (κ3) is 2.04. The van der Waals surface area contributed by atoms with E-state index in [-0.39, 0.29) is 18.7 Å². The van der Waals surface area contributed by atoms with E-state index in [9.17, 15) is 9.59 Å². The monoisotopic (exact) mass is 199 g/mol. The van der Waals surface area contributed by atoms with Crippen molar-refractivity contribution >= 4 is 11.9 Å². The molecule has 1 aliphatic heterocycles. The number of esters is 1. The molecular formula is C9H13NO4. The van der Waals surface area contributed by atoms with E-state index in [0.717, 1.165) is 0 Å². The molecule has 0 spiro atoms. The van der Waals surface area contributed by atoms with Crippen LogP contribution in [0, 0.1) is 0 Å². The van der Waals surface area contributed by atoms with Crippen LogP contribution in [-0.2, 0) is 19.1 Å². The van der Waals surface area contributed by atoms with Crippen LogP contribution in [0.1, 0.15) is 13.8 Å². The first kappa shape index (κ1) is 10.6. The largest absolute Gasteiger partial charge is 0.495 e. The SMILES string of the molecule is CCOC(=O)C1=C(OCC)CNC1=O. The lowest BCUT2D eigenvalue weighted by Crippen LogP contribution is -2.22. The Labute approximate surface area is 82.1 Å². The van der Waals surface area contributed by atoms with Crippen LogP contribution in [0.3, 0.4) is 0 Å². The summed E-state index contributed by atoms with van der Waals surface area (Å²) in [5, 5.41) is 2.50. The Balaban J connectivity index is 2.82. The van der Waals surface area contributed by atoms with Gasteiger partial charge in [0.2, 0.25) is 0 Å². The van der Waals surface area contributed by atoms with Crippen LogP contribution in [0.25, 0.3) is 0 Å². The van der Waals surface area contributed by atoms with E-state index in [1.807, 2.05) is 0 Å². The van der Waals surface area contributed by atoms with Gasteiger partial charge in [0, 0.05) is 0 Å². The van der Waals surface area contributed by atoms with Gasteiger partial charge in [0.25, 0.3) is 5.91 Å². The summed E-state index contributed by atoms with van der Waals surface area (Å²) < 4.78 is 9.88. The van der Waals surface area contributed by atoms with Gasteiger partial charge in [-0.05, 0) is 13.8 Å². The van der Waals surface area contributed by atoms with E-state index < -0.39 is 11.9 Å². The highest BCUT2D eigenvalue weighted by Crippen LogP contribution is 2.13. The van der Waals surface area contributed by atoms with Crippen molar-refractivity contribution in [3.05, 3.63) is 11.3 Å². The Morgan fingerprint density at radius 2 is 2.14 bits per heavy atom. The van der Waals surface area contributed by atoms with Crippen molar-refractivity contribution in [2.75, 3.05) is 19.8 Å². The van der Waals surface area contributed by atoms with Crippen LogP contribution < -0.4 is 5.32 Å². The van der Waals surface area contributed by atoms with Crippen LogP contribution >= 0.6 is 0 Å². The van der Waals surface area contributed by atoms with E-state index in [2.05, 4.69) is 5.32 Å². The van der Waals surface area contributed by atoms with Crippen LogP contribution in [0.5, 0.6) is 0 Å². The Bertz CT molecular complexity index is 283. The highest BCUT2D eigenvalue weighted by atomic mass is 16.5. The second-order valence-electron chi connectivity index (χ2n) is 2.63. The molecule has 0 aromatic rings. The van der Waals surface area contributed by atoms with Gasteiger partial charge < -0.3 is 14.8 Å². The average Bonchev–Trinajstić information content (AvgIpc) is 2.48. The zero-order valence-electron chi connectivity index (χ0n) is 8.25. The van der Waals surface area contributed by atoms with Gasteiger partial charge in [0.15, 0.2) is 5.57 Å². The number of nitrogens with one attached hydrogen (secondary N) is 1. The van der Waals surface area contributed by atoms with Gasteiger partial charge >= 0.3 is 5.97 Å². The highest BCUT2D eigenvalue weighted by Gasteiger charge is 2.30. The van der Waals surface area contributed by atoms with Crippen LogP contribution in [0.2, 0.25) is 0 Å². The van der Waals surface area contributed by atoms with Gasteiger partial charge in [0.05, 0.1) is 19.8 Å². The summed E-state index contributed by atoms with van der Waals surface area (Å²) in [5.41, 5.74) is -0.00583. The normalized spacial score (nSPS) is 15.4. The summed E-state index contributed by atoms with van der Waals surface area (Å²) in [6.07, 6.45) is 0. The molecule has 5 heteroatoms. The maximum atomic E-state index is 11.3. The first-order valence-corrected chi connectivity index (χ1v) is 4.52. The topological polar surface area (TPSA) is 64.6 Å². The standard InChI is InChI=1S/C9H13NO4/c1-3-13-6-5-10-8(11)7(6)9(12)14-4-2/h3-5H2,1-2H3,(H,10,11). The van der Waals surface area contributed by atoms with E-state index in [4.69, 9.17) is 9.47 Å². The third-order valence-electron chi connectivity index (χ3n) is 1.71. The zero-order valence-corrected chi connectivity index (χ0v) is 8.25. The fourth-order valence-electron chi connectivity index (χ4n) is 1.17. The van der Waals surface area contributed by atoms with Crippen molar-refractivity contribution in [2.45, 2.75) is 13.8 Å². The Morgan fingerprint density at radius 1 is 1.43 bits per heavy atom. The molecule has 0 bridgehead atoms. The zero-order chi connectivity index (χ0) is 10.6. The van der Waals surface area contributed by atoms with E-state index >= 15 is 0 Å². The first-order chi connectivity index (χ1) is 6.70. The summed E-state index contributed by atoms with van der Waals surface area (Å²) in [4.78, 5) is 22.5. The number of ether oxygens (including phenoxy) is 2. The number of rotatable bonds is 4. The third-order valence-corrected chi connectivity index (χ3v) is 1.71. The minimum Gasteiger partial charge on any atom is -0.495 e. The van der Waals surface area contributed by atoms with Gasteiger partial charge in [-0.25, -0.2) is 4.79 Å². The van der Waals surface area contributed by atoms with Crippen molar-refractivity contribution in [1.82, 2.24) is 5.32 Å². The molecule has 1 heterocycles. The molecular weight excluding hydrogens is 186 g/mol. The predicted octanol–water partition coefficient (Wildman–Crippen LogP) is -0.0301. The molecule has 0 aliphatic carbocycles. The number of amides is 1. The van der Waals surface area contributed by atoms with Crippen LogP contribution in [0.15, 0.2) is 11.3 Å². The molecule has 0 aromatic carbocycles. The van der Waals surface area contributed by atoms with Gasteiger partial charge in [-0.1, -0.05) is 0 Å². The number of hydrogen-bond acceptors (Lipinski definition) is 4. The smallest absolute Gasteiger partial charge is 0.347 e.